The van der Waals surface area contributed by atoms with Gasteiger partial charge in [-0.25, -0.2) is 4.79 Å². The van der Waals surface area contributed by atoms with Crippen molar-refractivity contribution in [1.82, 2.24) is 10.6 Å². The van der Waals surface area contributed by atoms with E-state index in [0.29, 0.717) is 19.7 Å². The summed E-state index contributed by atoms with van der Waals surface area (Å²) in [5.41, 5.74) is 5.05. The highest BCUT2D eigenvalue weighted by Gasteiger charge is 2.17. The lowest BCUT2D eigenvalue weighted by atomic mass is 10.1. The van der Waals surface area contributed by atoms with Gasteiger partial charge in [-0.2, -0.15) is 0 Å². The molecule has 20 heavy (non-hydrogen) atoms. The molecule has 0 bridgehead atoms. The molecule has 0 saturated heterocycles. The number of nitrogens with two attached hydrogens (primary N) is 1. The third-order valence-corrected chi connectivity index (χ3v) is 2.60. The Morgan fingerprint density at radius 3 is 2.50 bits per heavy atom. The van der Waals surface area contributed by atoms with Gasteiger partial charge in [-0.3, -0.25) is 0 Å². The summed E-state index contributed by atoms with van der Waals surface area (Å²) in [4.78, 5) is 11.5. The molecule has 0 aromatic carbocycles. The average Bonchev–Trinajstić information content (AvgIpc) is 2.31. The van der Waals surface area contributed by atoms with Crippen LogP contribution in [0.1, 0.15) is 40.5 Å². The minimum absolute atomic E-state index is 0.139. The van der Waals surface area contributed by atoms with Crippen molar-refractivity contribution in [3.63, 3.8) is 0 Å². The second kappa shape index (κ2) is 9.96. The zero-order valence-corrected chi connectivity index (χ0v) is 13.5. The summed E-state index contributed by atoms with van der Waals surface area (Å²) < 4.78 is 10.4. The smallest absolute Gasteiger partial charge is 0.407 e. The molecule has 0 aliphatic carbocycles. The van der Waals surface area contributed by atoms with Crippen molar-refractivity contribution in [2.45, 2.75) is 58.2 Å². The number of hydrogen-bond acceptors (Lipinski definition) is 5. The van der Waals surface area contributed by atoms with Gasteiger partial charge in [0.1, 0.15) is 5.60 Å². The minimum atomic E-state index is -0.472. The summed E-state index contributed by atoms with van der Waals surface area (Å²) in [6.45, 7) is 9.37. The summed E-state index contributed by atoms with van der Waals surface area (Å²) >= 11 is 0. The highest BCUT2D eigenvalue weighted by molar-refractivity contribution is 5.67. The maximum Gasteiger partial charge on any atom is 0.407 e. The molecule has 4 N–H and O–H groups in total. The molecule has 0 heterocycles. The van der Waals surface area contributed by atoms with Gasteiger partial charge in [0.15, 0.2) is 0 Å². The predicted octanol–water partition coefficient (Wildman–Crippen LogP) is 1.24. The van der Waals surface area contributed by atoms with Crippen molar-refractivity contribution in [2.75, 3.05) is 26.8 Å². The lowest BCUT2D eigenvalue weighted by Gasteiger charge is -2.24. The van der Waals surface area contributed by atoms with Gasteiger partial charge in [0.05, 0.1) is 6.61 Å². The summed E-state index contributed by atoms with van der Waals surface area (Å²) in [6.07, 6.45) is 1.52. The van der Waals surface area contributed by atoms with Crippen molar-refractivity contribution >= 4 is 6.09 Å². The van der Waals surface area contributed by atoms with Gasteiger partial charge >= 0.3 is 6.09 Å². The number of amides is 1. The number of hydrogen-bond donors (Lipinski definition) is 3. The van der Waals surface area contributed by atoms with Crippen LogP contribution in [0.3, 0.4) is 0 Å². The molecule has 0 radical (unpaired) electrons. The van der Waals surface area contributed by atoms with Gasteiger partial charge in [0, 0.05) is 25.7 Å². The van der Waals surface area contributed by atoms with Gasteiger partial charge in [-0.15, -0.1) is 0 Å². The fraction of sp³-hybridized carbons (Fsp3) is 0.929. The molecule has 0 saturated carbocycles. The lowest BCUT2D eigenvalue weighted by molar-refractivity contribution is 0.0521. The van der Waals surface area contributed by atoms with Gasteiger partial charge < -0.3 is 25.8 Å². The molecule has 0 rings (SSSR count). The molecule has 0 aliphatic heterocycles. The van der Waals surface area contributed by atoms with E-state index < -0.39 is 11.7 Å². The van der Waals surface area contributed by atoms with E-state index in [1.165, 1.54) is 0 Å². The van der Waals surface area contributed by atoms with Gasteiger partial charge in [0.25, 0.3) is 0 Å². The summed E-state index contributed by atoms with van der Waals surface area (Å²) in [5, 5.41) is 6.17. The van der Waals surface area contributed by atoms with Crippen LogP contribution >= 0.6 is 0 Å². The Morgan fingerprint density at radius 2 is 2.00 bits per heavy atom. The number of rotatable bonds is 9. The van der Waals surface area contributed by atoms with Crippen molar-refractivity contribution < 1.29 is 14.3 Å². The van der Waals surface area contributed by atoms with Crippen molar-refractivity contribution in [2.24, 2.45) is 5.73 Å². The third kappa shape index (κ3) is 11.0. The van der Waals surface area contributed by atoms with Crippen LogP contribution in [0.2, 0.25) is 0 Å². The summed E-state index contributed by atoms with van der Waals surface area (Å²) in [7, 11) is 1.68. The number of carbonyl (C=O) groups is 1. The summed E-state index contributed by atoms with van der Waals surface area (Å²) in [6, 6.07) is 0.388. The molecule has 0 aliphatic rings. The van der Waals surface area contributed by atoms with Gasteiger partial charge in [-0.05, 0) is 47.1 Å². The highest BCUT2D eigenvalue weighted by Crippen LogP contribution is 2.06. The Labute approximate surface area is 122 Å². The Balaban J connectivity index is 3.99. The fourth-order valence-corrected chi connectivity index (χ4v) is 1.79. The molecular formula is C14H31N3O3. The molecule has 6 heteroatoms. The van der Waals surface area contributed by atoms with Crippen LogP contribution in [0.25, 0.3) is 0 Å². The first-order chi connectivity index (χ1) is 9.28. The topological polar surface area (TPSA) is 85.6 Å². The molecular weight excluding hydrogens is 258 g/mol. The minimum Gasteiger partial charge on any atom is -0.444 e. The predicted molar refractivity (Wildman–Crippen MR) is 80.8 cm³/mol. The van der Waals surface area contributed by atoms with Crippen molar-refractivity contribution in [3.05, 3.63) is 0 Å². The molecule has 0 spiro atoms. The van der Waals surface area contributed by atoms with E-state index in [1.54, 1.807) is 7.11 Å². The van der Waals surface area contributed by atoms with Crippen LogP contribution in [0.4, 0.5) is 4.79 Å². The van der Waals surface area contributed by atoms with Gasteiger partial charge in [-0.1, -0.05) is 0 Å². The largest absolute Gasteiger partial charge is 0.444 e. The highest BCUT2D eigenvalue weighted by atomic mass is 16.6. The Kier molecular flexibility index (Phi) is 9.54. The fourth-order valence-electron chi connectivity index (χ4n) is 1.79. The van der Waals surface area contributed by atoms with E-state index >= 15 is 0 Å². The van der Waals surface area contributed by atoms with E-state index in [4.69, 9.17) is 15.2 Å². The van der Waals surface area contributed by atoms with Crippen LogP contribution in [-0.2, 0) is 9.47 Å². The van der Waals surface area contributed by atoms with Crippen LogP contribution in [0, 0.1) is 0 Å². The zero-order valence-electron chi connectivity index (χ0n) is 13.5. The molecule has 2 unspecified atom stereocenters. The van der Waals surface area contributed by atoms with Crippen LogP contribution < -0.4 is 16.4 Å². The molecule has 0 fully saturated rings. The van der Waals surface area contributed by atoms with E-state index in [9.17, 15) is 4.79 Å². The number of nitrogens with one attached hydrogen (secondary N) is 2. The van der Waals surface area contributed by atoms with Crippen LogP contribution in [0.5, 0.6) is 0 Å². The molecule has 1 amide bonds. The van der Waals surface area contributed by atoms with Gasteiger partial charge in [0.2, 0.25) is 0 Å². The SMILES string of the molecule is COCC(CCCN)NC(C)CNC(=O)OC(C)(C)C. The molecule has 0 aromatic heterocycles. The maximum atomic E-state index is 11.5. The normalized spacial score (nSPS) is 14.7. The van der Waals surface area contributed by atoms with Crippen LogP contribution in [0.15, 0.2) is 0 Å². The van der Waals surface area contributed by atoms with E-state index in [0.717, 1.165) is 12.8 Å². The Bertz CT molecular complexity index is 267. The first-order valence-corrected chi connectivity index (χ1v) is 7.20. The Morgan fingerprint density at radius 1 is 1.35 bits per heavy atom. The first kappa shape index (κ1) is 19.1. The van der Waals surface area contributed by atoms with E-state index in [2.05, 4.69) is 10.6 Å². The number of ether oxygens (including phenoxy) is 2. The van der Waals surface area contributed by atoms with E-state index in [-0.39, 0.29) is 12.1 Å². The van der Waals surface area contributed by atoms with Crippen LogP contribution in [-0.4, -0.2) is 50.6 Å². The number of carbonyl (C=O) groups excluding carboxylic acids is 1. The zero-order chi connectivity index (χ0) is 15.6. The average molecular weight is 289 g/mol. The standard InChI is InChI=1S/C14H31N3O3/c1-11(9-16-13(18)20-14(2,3)4)17-12(10-19-5)7-6-8-15/h11-12,17H,6-10,15H2,1-5H3,(H,16,18). The van der Waals surface area contributed by atoms with Crippen molar-refractivity contribution in [3.8, 4) is 0 Å². The lowest BCUT2D eigenvalue weighted by Crippen LogP contribution is -2.46. The molecule has 120 valence electrons. The second-order valence-corrected chi connectivity index (χ2v) is 6.03. The third-order valence-electron chi connectivity index (χ3n) is 2.60. The quantitative estimate of drug-likeness (QED) is 0.594. The number of alkyl carbamates (subject to hydrolysis) is 1. The summed E-state index contributed by atoms with van der Waals surface area (Å²) in [5.74, 6) is 0. The second-order valence-electron chi connectivity index (χ2n) is 6.03. The monoisotopic (exact) mass is 289 g/mol. The molecule has 6 nitrogen and oxygen atoms in total. The van der Waals surface area contributed by atoms with E-state index in [1.807, 2.05) is 27.7 Å². The Hall–Kier alpha value is -0.850. The van der Waals surface area contributed by atoms with Crippen molar-refractivity contribution in [1.29, 1.82) is 0 Å². The maximum absolute atomic E-state index is 11.5. The first-order valence-electron chi connectivity index (χ1n) is 7.20. The number of methoxy groups -OCH3 is 1. The molecule has 2 atom stereocenters. The molecule has 0 aromatic rings.